The lowest BCUT2D eigenvalue weighted by Gasteiger charge is -2.38. The van der Waals surface area contributed by atoms with Crippen molar-refractivity contribution in [3.8, 4) is 0 Å². The van der Waals surface area contributed by atoms with Crippen LogP contribution in [0.1, 0.15) is 32.3 Å². The zero-order chi connectivity index (χ0) is 17.5. The molecule has 3 rings (SSSR count). The Balaban J connectivity index is 0.00000225. The Hall–Kier alpha value is -1.15. The van der Waals surface area contributed by atoms with Gasteiger partial charge in [-0.1, -0.05) is 13.0 Å². The molecule has 2 aliphatic rings. The van der Waals surface area contributed by atoms with Gasteiger partial charge in [-0.15, -0.1) is 12.4 Å². The molecule has 1 amide bonds. The van der Waals surface area contributed by atoms with Crippen molar-refractivity contribution < 1.29 is 13.2 Å². The van der Waals surface area contributed by atoms with Crippen LogP contribution in [0.15, 0.2) is 23.1 Å². The minimum absolute atomic E-state index is 0. The van der Waals surface area contributed by atoms with E-state index in [2.05, 4.69) is 6.92 Å². The smallest absolute Gasteiger partial charge is 0.243 e. The molecular weight excluding hydrogens is 362 g/mol. The number of hydrogen-bond donors (Lipinski definition) is 1. The molecule has 2 atom stereocenters. The Morgan fingerprint density at radius 2 is 2.04 bits per heavy atom. The summed E-state index contributed by atoms with van der Waals surface area (Å²) in [6, 6.07) is 4.97. The number of amides is 1. The maximum Gasteiger partial charge on any atom is 0.243 e. The van der Waals surface area contributed by atoms with Gasteiger partial charge in [0.2, 0.25) is 15.9 Å². The fourth-order valence-electron chi connectivity index (χ4n) is 3.84. The number of halogens is 1. The first-order valence-electron chi connectivity index (χ1n) is 8.49. The Kier molecular flexibility index (Phi) is 6.14. The molecular formula is C17H26ClN3O3S. The van der Waals surface area contributed by atoms with Crippen LogP contribution in [-0.4, -0.2) is 44.3 Å². The molecule has 0 bridgehead atoms. The second-order valence-electron chi connectivity index (χ2n) is 6.75. The molecule has 1 aromatic rings. The average molecular weight is 388 g/mol. The molecule has 6 nitrogen and oxygen atoms in total. The van der Waals surface area contributed by atoms with Crippen LogP contribution >= 0.6 is 12.4 Å². The molecule has 2 N–H and O–H groups in total. The number of anilines is 1. The highest BCUT2D eigenvalue weighted by atomic mass is 35.5. The van der Waals surface area contributed by atoms with Crippen LogP contribution < -0.4 is 10.6 Å². The maximum absolute atomic E-state index is 13.1. The molecule has 8 heteroatoms. The van der Waals surface area contributed by atoms with E-state index in [4.69, 9.17) is 5.73 Å². The van der Waals surface area contributed by atoms with E-state index >= 15 is 0 Å². The van der Waals surface area contributed by atoms with Crippen molar-refractivity contribution in [3.05, 3.63) is 23.8 Å². The van der Waals surface area contributed by atoms with E-state index in [9.17, 15) is 13.2 Å². The molecule has 0 aromatic heterocycles. The number of carbonyl (C=O) groups excluding carboxylic acids is 1. The molecule has 0 spiro atoms. The topological polar surface area (TPSA) is 83.7 Å². The summed E-state index contributed by atoms with van der Waals surface area (Å²) >= 11 is 0. The lowest BCUT2D eigenvalue weighted by atomic mass is 9.93. The third kappa shape index (κ3) is 3.56. The lowest BCUT2D eigenvalue weighted by Crippen LogP contribution is -2.51. The Bertz CT molecular complexity index is 754. The van der Waals surface area contributed by atoms with Crippen LogP contribution in [0.4, 0.5) is 5.69 Å². The number of benzene rings is 1. The molecule has 25 heavy (non-hydrogen) atoms. The van der Waals surface area contributed by atoms with Crippen molar-refractivity contribution >= 4 is 34.0 Å². The van der Waals surface area contributed by atoms with Gasteiger partial charge in [-0.2, -0.15) is 4.31 Å². The van der Waals surface area contributed by atoms with Gasteiger partial charge in [0, 0.05) is 38.3 Å². The number of nitrogens with two attached hydrogens (primary N) is 1. The molecule has 1 aromatic carbocycles. The highest BCUT2D eigenvalue weighted by Gasteiger charge is 2.37. The first kappa shape index (κ1) is 20.2. The van der Waals surface area contributed by atoms with Crippen LogP contribution in [0.2, 0.25) is 0 Å². The highest BCUT2D eigenvalue weighted by molar-refractivity contribution is 7.89. The highest BCUT2D eigenvalue weighted by Crippen LogP contribution is 2.34. The number of nitrogens with zero attached hydrogens (tertiary/aromatic N) is 2. The van der Waals surface area contributed by atoms with Gasteiger partial charge < -0.3 is 10.6 Å². The fourth-order valence-corrected chi connectivity index (χ4v) is 5.63. The van der Waals surface area contributed by atoms with Crippen molar-refractivity contribution in [1.29, 1.82) is 0 Å². The van der Waals surface area contributed by atoms with Crippen LogP contribution in [0.25, 0.3) is 0 Å². The predicted octanol–water partition coefficient (Wildman–Crippen LogP) is 1.77. The van der Waals surface area contributed by atoms with Crippen LogP contribution in [0.3, 0.4) is 0 Å². The minimum atomic E-state index is -3.61. The summed E-state index contributed by atoms with van der Waals surface area (Å²) in [5, 5.41) is 0. The number of fused-ring (bicyclic) bond motifs is 1. The number of rotatable bonds is 3. The van der Waals surface area contributed by atoms with Gasteiger partial charge in [-0.05, 0) is 42.9 Å². The molecule has 2 heterocycles. The summed E-state index contributed by atoms with van der Waals surface area (Å²) in [5.41, 5.74) is 7.59. The molecule has 0 radical (unpaired) electrons. The molecule has 2 aliphatic heterocycles. The number of carbonyl (C=O) groups is 1. The van der Waals surface area contributed by atoms with E-state index in [0.717, 1.165) is 30.5 Å². The second kappa shape index (κ2) is 7.61. The van der Waals surface area contributed by atoms with Gasteiger partial charge in [0.15, 0.2) is 0 Å². The number of sulfonamides is 1. The minimum Gasteiger partial charge on any atom is -0.329 e. The molecule has 2 unspecified atom stereocenters. The molecule has 0 aliphatic carbocycles. The standard InChI is InChI=1S/C17H25N3O3S.ClH/c1-12-4-3-8-20(17(12)11-18)24(22,23)15-6-5-14-7-9-19(13(2)21)16(14)10-15;/h5-6,10,12,17H,3-4,7-9,11,18H2,1-2H3;1H. The normalized spacial score (nSPS) is 23.9. The van der Waals surface area contributed by atoms with Gasteiger partial charge in [-0.3, -0.25) is 4.79 Å². The largest absolute Gasteiger partial charge is 0.329 e. The Morgan fingerprint density at radius 1 is 1.32 bits per heavy atom. The van der Waals surface area contributed by atoms with Crippen LogP contribution in [0, 0.1) is 5.92 Å². The van der Waals surface area contributed by atoms with E-state index in [1.165, 1.54) is 6.92 Å². The van der Waals surface area contributed by atoms with Gasteiger partial charge >= 0.3 is 0 Å². The molecule has 1 fully saturated rings. The maximum atomic E-state index is 13.1. The first-order chi connectivity index (χ1) is 11.4. The fraction of sp³-hybridized carbons (Fsp3) is 0.588. The second-order valence-corrected chi connectivity index (χ2v) is 8.64. The van der Waals surface area contributed by atoms with Gasteiger partial charge in [0.25, 0.3) is 0 Å². The van der Waals surface area contributed by atoms with E-state index in [1.54, 1.807) is 21.3 Å². The van der Waals surface area contributed by atoms with E-state index in [1.807, 2.05) is 6.07 Å². The number of hydrogen-bond acceptors (Lipinski definition) is 4. The van der Waals surface area contributed by atoms with Crippen molar-refractivity contribution in [2.24, 2.45) is 11.7 Å². The number of piperidine rings is 1. The predicted molar refractivity (Wildman–Crippen MR) is 101 cm³/mol. The summed E-state index contributed by atoms with van der Waals surface area (Å²) in [6.07, 6.45) is 2.61. The lowest BCUT2D eigenvalue weighted by molar-refractivity contribution is -0.116. The van der Waals surface area contributed by atoms with Crippen molar-refractivity contribution in [2.45, 2.75) is 44.0 Å². The van der Waals surface area contributed by atoms with Crippen LogP contribution in [-0.2, 0) is 21.2 Å². The summed E-state index contributed by atoms with van der Waals surface area (Å²) in [6.45, 7) is 5.00. The Labute approximate surface area is 155 Å². The quantitative estimate of drug-likeness (QED) is 0.856. The monoisotopic (exact) mass is 387 g/mol. The van der Waals surface area contributed by atoms with Gasteiger partial charge in [-0.25, -0.2) is 8.42 Å². The average Bonchev–Trinajstić information content (AvgIpc) is 2.97. The van der Waals surface area contributed by atoms with Gasteiger partial charge in [0.05, 0.1) is 4.90 Å². The van der Waals surface area contributed by atoms with Crippen molar-refractivity contribution in [3.63, 3.8) is 0 Å². The third-order valence-electron chi connectivity index (χ3n) is 5.25. The SMILES string of the molecule is CC(=O)N1CCc2ccc(S(=O)(=O)N3CCCC(C)C3CN)cc21.Cl. The molecule has 0 saturated carbocycles. The van der Waals surface area contributed by atoms with Crippen molar-refractivity contribution in [2.75, 3.05) is 24.5 Å². The summed E-state index contributed by atoms with van der Waals surface area (Å²) < 4.78 is 27.8. The summed E-state index contributed by atoms with van der Waals surface area (Å²) in [4.78, 5) is 13.7. The zero-order valence-corrected chi connectivity index (χ0v) is 16.3. The Morgan fingerprint density at radius 3 is 2.68 bits per heavy atom. The summed E-state index contributed by atoms with van der Waals surface area (Å²) in [7, 11) is -3.61. The zero-order valence-electron chi connectivity index (χ0n) is 14.6. The van der Waals surface area contributed by atoms with E-state index < -0.39 is 10.0 Å². The van der Waals surface area contributed by atoms with Crippen molar-refractivity contribution in [1.82, 2.24) is 4.31 Å². The van der Waals surface area contributed by atoms with E-state index in [0.29, 0.717) is 19.6 Å². The molecule has 1 saturated heterocycles. The van der Waals surface area contributed by atoms with Crippen LogP contribution in [0.5, 0.6) is 0 Å². The van der Waals surface area contributed by atoms with Gasteiger partial charge in [0.1, 0.15) is 0 Å². The molecule has 140 valence electrons. The van der Waals surface area contributed by atoms with E-state index in [-0.39, 0.29) is 35.2 Å². The third-order valence-corrected chi connectivity index (χ3v) is 7.17. The summed E-state index contributed by atoms with van der Waals surface area (Å²) in [5.74, 6) is 0.191. The first-order valence-corrected chi connectivity index (χ1v) is 9.93.